The molecule has 0 saturated heterocycles. The Morgan fingerprint density at radius 2 is 1.33 bits per heavy atom. The zero-order valence-electron chi connectivity index (χ0n) is 11.3. The standard InChI is InChI=1S/C19H11NSi/c1-2-4-14-12(3-1)5-7-16-15(14)9-10-18-17(16)8-6-13-11-20-21-19(13)18/h1-11H. The van der Waals surface area contributed by atoms with Gasteiger partial charge in [-0.2, -0.15) is 0 Å². The minimum Gasteiger partial charge on any atom is -0.324 e. The quantitative estimate of drug-likeness (QED) is 0.343. The first-order valence-corrected chi connectivity index (χ1v) is 8.03. The third-order valence-electron chi connectivity index (χ3n) is 4.34. The van der Waals surface area contributed by atoms with Crippen LogP contribution >= 0.6 is 0 Å². The monoisotopic (exact) mass is 281 g/mol. The van der Waals surface area contributed by atoms with Crippen molar-refractivity contribution >= 4 is 53.4 Å². The highest BCUT2D eigenvalue weighted by Crippen LogP contribution is 2.31. The first kappa shape index (κ1) is 11.2. The average molecular weight is 281 g/mol. The topological polar surface area (TPSA) is 12.4 Å². The summed E-state index contributed by atoms with van der Waals surface area (Å²) in [6.45, 7) is 0. The second-order valence-corrected chi connectivity index (χ2v) is 6.42. The molecule has 0 bridgehead atoms. The lowest BCUT2D eigenvalue weighted by molar-refractivity contribution is 1.78. The Bertz CT molecular complexity index is 1060. The van der Waals surface area contributed by atoms with Crippen molar-refractivity contribution in [2.75, 3.05) is 0 Å². The van der Waals surface area contributed by atoms with Gasteiger partial charge in [0.15, 0.2) is 0 Å². The third kappa shape index (κ3) is 1.48. The number of nitrogens with zero attached hydrogens (tertiary/aromatic N) is 1. The molecular formula is C19H11NSi. The first-order chi connectivity index (χ1) is 10.4. The van der Waals surface area contributed by atoms with Crippen molar-refractivity contribution in [2.24, 2.45) is 4.66 Å². The summed E-state index contributed by atoms with van der Waals surface area (Å²) in [4.78, 5) is 0. The minimum atomic E-state index is 0.555. The number of fused-ring (bicyclic) bond motifs is 7. The van der Waals surface area contributed by atoms with Crippen molar-refractivity contribution in [3.63, 3.8) is 0 Å². The highest BCUT2D eigenvalue weighted by atomic mass is 28.2. The van der Waals surface area contributed by atoms with E-state index < -0.39 is 0 Å². The molecule has 0 saturated carbocycles. The third-order valence-corrected chi connectivity index (χ3v) is 5.38. The molecule has 96 valence electrons. The number of rotatable bonds is 0. The van der Waals surface area contributed by atoms with Crippen molar-refractivity contribution in [2.45, 2.75) is 0 Å². The molecule has 1 aliphatic rings. The van der Waals surface area contributed by atoms with Gasteiger partial charge in [0.1, 0.15) is 0 Å². The van der Waals surface area contributed by atoms with Gasteiger partial charge in [0.2, 0.25) is 9.68 Å². The summed E-state index contributed by atoms with van der Waals surface area (Å²) in [7, 11) is 0.555. The van der Waals surface area contributed by atoms with E-state index in [0.717, 1.165) is 0 Å². The molecule has 4 aromatic carbocycles. The summed E-state index contributed by atoms with van der Waals surface area (Å²) in [5, 5.41) is 9.39. The van der Waals surface area contributed by atoms with Crippen LogP contribution in [0.2, 0.25) is 0 Å². The molecule has 4 aromatic rings. The smallest absolute Gasteiger partial charge is 0.250 e. The summed E-state index contributed by atoms with van der Waals surface area (Å²) in [5.74, 6) is 0. The molecule has 0 spiro atoms. The van der Waals surface area contributed by atoms with Crippen LogP contribution in [0.4, 0.5) is 0 Å². The Morgan fingerprint density at radius 3 is 2.33 bits per heavy atom. The molecule has 0 unspecified atom stereocenters. The maximum absolute atomic E-state index is 4.43. The molecule has 1 heterocycles. The molecular weight excluding hydrogens is 270 g/mol. The molecule has 5 rings (SSSR count). The Labute approximate surface area is 124 Å². The van der Waals surface area contributed by atoms with Crippen LogP contribution in [0, 0.1) is 0 Å². The second-order valence-electron chi connectivity index (χ2n) is 5.44. The van der Waals surface area contributed by atoms with Crippen LogP contribution in [0.1, 0.15) is 5.56 Å². The van der Waals surface area contributed by atoms with Gasteiger partial charge in [-0.05, 0) is 43.1 Å². The molecule has 0 amide bonds. The molecule has 0 aliphatic carbocycles. The summed E-state index contributed by atoms with van der Waals surface area (Å²) in [6, 6.07) is 22.1. The van der Waals surface area contributed by atoms with E-state index in [-0.39, 0.29) is 0 Å². The minimum absolute atomic E-state index is 0.555. The van der Waals surface area contributed by atoms with E-state index in [2.05, 4.69) is 65.3 Å². The summed E-state index contributed by atoms with van der Waals surface area (Å²) >= 11 is 0. The molecule has 2 radical (unpaired) electrons. The van der Waals surface area contributed by atoms with E-state index in [1.807, 2.05) is 6.21 Å². The first-order valence-electron chi connectivity index (χ1n) is 7.08. The molecule has 0 atom stereocenters. The molecule has 21 heavy (non-hydrogen) atoms. The largest absolute Gasteiger partial charge is 0.324 e. The van der Waals surface area contributed by atoms with Gasteiger partial charge in [-0.1, -0.05) is 60.7 Å². The van der Waals surface area contributed by atoms with Crippen molar-refractivity contribution in [1.82, 2.24) is 0 Å². The van der Waals surface area contributed by atoms with Gasteiger partial charge in [0, 0.05) is 6.21 Å². The fraction of sp³-hybridized carbons (Fsp3) is 0. The highest BCUT2D eigenvalue weighted by Gasteiger charge is 2.13. The second kappa shape index (κ2) is 4.03. The fourth-order valence-corrected chi connectivity index (χ4v) is 4.27. The summed E-state index contributed by atoms with van der Waals surface area (Å²) < 4.78 is 4.43. The SMILES string of the molecule is C1=N[Si]c2c1ccc1c2ccc2c3ccccc3ccc12. The predicted molar refractivity (Wildman–Crippen MR) is 91.9 cm³/mol. The molecule has 1 aliphatic heterocycles. The van der Waals surface area contributed by atoms with Crippen LogP contribution in [-0.2, 0) is 0 Å². The number of hydrogen-bond donors (Lipinski definition) is 0. The van der Waals surface area contributed by atoms with E-state index in [0.29, 0.717) is 9.68 Å². The molecule has 2 heteroatoms. The van der Waals surface area contributed by atoms with Crippen LogP contribution in [0.5, 0.6) is 0 Å². The Morgan fingerprint density at radius 1 is 0.619 bits per heavy atom. The zero-order chi connectivity index (χ0) is 13.8. The van der Waals surface area contributed by atoms with E-state index in [4.69, 9.17) is 0 Å². The normalized spacial score (nSPS) is 13.3. The lowest BCUT2D eigenvalue weighted by atomic mass is 9.96. The van der Waals surface area contributed by atoms with Crippen molar-refractivity contribution in [1.29, 1.82) is 0 Å². The van der Waals surface area contributed by atoms with Crippen LogP contribution in [0.15, 0.2) is 65.3 Å². The predicted octanol–water partition coefficient (Wildman–Crippen LogP) is 3.82. The van der Waals surface area contributed by atoms with E-state index in [1.165, 1.54) is 43.1 Å². The van der Waals surface area contributed by atoms with Gasteiger partial charge in [-0.3, -0.25) is 0 Å². The van der Waals surface area contributed by atoms with Gasteiger partial charge in [-0.25, -0.2) is 0 Å². The van der Waals surface area contributed by atoms with Gasteiger partial charge in [0.05, 0.1) is 0 Å². The van der Waals surface area contributed by atoms with Gasteiger partial charge < -0.3 is 4.66 Å². The van der Waals surface area contributed by atoms with Crippen LogP contribution in [0.3, 0.4) is 0 Å². The highest BCUT2D eigenvalue weighted by molar-refractivity contribution is 6.61. The average Bonchev–Trinajstić information content (AvgIpc) is 3.03. The zero-order valence-corrected chi connectivity index (χ0v) is 12.3. The van der Waals surface area contributed by atoms with Crippen molar-refractivity contribution in [3.8, 4) is 0 Å². The molecule has 0 N–H and O–H groups in total. The molecule has 0 aromatic heterocycles. The van der Waals surface area contributed by atoms with E-state index >= 15 is 0 Å². The van der Waals surface area contributed by atoms with Crippen LogP contribution in [0.25, 0.3) is 32.3 Å². The summed E-state index contributed by atoms with van der Waals surface area (Å²) in [5.41, 5.74) is 1.28. The molecule has 0 fully saturated rings. The Hall–Kier alpha value is -2.45. The Balaban J connectivity index is 2.00. The van der Waals surface area contributed by atoms with Gasteiger partial charge in [-0.15, -0.1) is 0 Å². The van der Waals surface area contributed by atoms with Crippen LogP contribution in [-0.4, -0.2) is 15.9 Å². The summed E-state index contributed by atoms with van der Waals surface area (Å²) in [6.07, 6.45) is 2.00. The van der Waals surface area contributed by atoms with Crippen LogP contribution < -0.4 is 5.19 Å². The van der Waals surface area contributed by atoms with Gasteiger partial charge in [0.25, 0.3) is 0 Å². The van der Waals surface area contributed by atoms with Crippen molar-refractivity contribution < 1.29 is 0 Å². The molecule has 1 nitrogen and oxygen atoms in total. The van der Waals surface area contributed by atoms with Crippen molar-refractivity contribution in [3.05, 3.63) is 66.2 Å². The van der Waals surface area contributed by atoms with E-state index in [1.54, 1.807) is 0 Å². The lowest BCUT2D eigenvalue weighted by Gasteiger charge is -2.10. The Kier molecular flexibility index (Phi) is 2.15. The lowest BCUT2D eigenvalue weighted by Crippen LogP contribution is -2.12. The number of benzene rings is 4. The van der Waals surface area contributed by atoms with Gasteiger partial charge >= 0.3 is 0 Å². The number of hydrogen-bond acceptors (Lipinski definition) is 1. The van der Waals surface area contributed by atoms with E-state index in [9.17, 15) is 0 Å². The fourth-order valence-electron chi connectivity index (χ4n) is 3.32. The maximum Gasteiger partial charge on any atom is 0.250 e. The maximum atomic E-state index is 4.43.